The fourth-order valence-electron chi connectivity index (χ4n) is 2.85. The van der Waals surface area contributed by atoms with Crippen LogP contribution in [0.1, 0.15) is 18.9 Å². The van der Waals surface area contributed by atoms with Crippen molar-refractivity contribution in [2.75, 3.05) is 10.0 Å². The molecule has 0 saturated carbocycles. The van der Waals surface area contributed by atoms with E-state index in [1.165, 1.54) is 24.3 Å². The Morgan fingerprint density at radius 2 is 1.65 bits per heavy atom. The van der Waals surface area contributed by atoms with Gasteiger partial charge < -0.3 is 10.1 Å². The van der Waals surface area contributed by atoms with E-state index < -0.39 is 16.1 Å². The normalized spacial score (nSPS) is 12.1. The molecule has 0 bridgehead atoms. The highest BCUT2D eigenvalue weighted by Crippen LogP contribution is 2.25. The van der Waals surface area contributed by atoms with Crippen molar-refractivity contribution >= 4 is 38.9 Å². The van der Waals surface area contributed by atoms with Gasteiger partial charge in [-0.25, -0.2) is 8.42 Å². The van der Waals surface area contributed by atoms with Crippen LogP contribution in [0.3, 0.4) is 0 Å². The highest BCUT2D eigenvalue weighted by Gasteiger charge is 2.20. The van der Waals surface area contributed by atoms with Crippen molar-refractivity contribution in [3.8, 4) is 5.75 Å². The molecule has 162 valence electrons. The molecule has 31 heavy (non-hydrogen) atoms. The SMILES string of the molecule is CC[C@H](Oc1ccccc1Cl)C(=O)Nc1ccc(S(=O)(=O)Nc2ccccc2C)cc1. The summed E-state index contributed by atoms with van der Waals surface area (Å²) in [5.41, 5.74) is 1.79. The Kier molecular flexibility index (Phi) is 7.20. The van der Waals surface area contributed by atoms with Gasteiger partial charge in [-0.05, 0) is 61.4 Å². The molecule has 3 aromatic carbocycles. The second-order valence-corrected chi connectivity index (χ2v) is 8.97. The van der Waals surface area contributed by atoms with Gasteiger partial charge in [0.1, 0.15) is 5.75 Å². The first kappa shape index (κ1) is 22.7. The number of hydrogen-bond donors (Lipinski definition) is 2. The molecular formula is C23H23ClN2O4S. The standard InChI is InChI=1S/C23H23ClN2O4S/c1-3-21(30-22-11-7-5-9-19(22)24)23(27)25-17-12-14-18(15-13-17)31(28,29)26-20-10-6-4-8-16(20)2/h4-15,21,26H,3H2,1-2H3,(H,25,27)/t21-/m0/s1. The summed E-state index contributed by atoms with van der Waals surface area (Å²) < 4.78 is 33.6. The van der Waals surface area contributed by atoms with Gasteiger partial charge >= 0.3 is 0 Å². The van der Waals surface area contributed by atoms with Gasteiger partial charge in [-0.1, -0.05) is 48.9 Å². The summed E-state index contributed by atoms with van der Waals surface area (Å²) in [6, 6.07) is 20.0. The Morgan fingerprint density at radius 3 is 2.29 bits per heavy atom. The van der Waals surface area contributed by atoms with Gasteiger partial charge in [-0.2, -0.15) is 0 Å². The van der Waals surface area contributed by atoms with Crippen LogP contribution < -0.4 is 14.8 Å². The molecule has 0 heterocycles. The molecule has 0 radical (unpaired) electrons. The Morgan fingerprint density at radius 1 is 1.00 bits per heavy atom. The van der Waals surface area contributed by atoms with Crippen LogP contribution in [0.15, 0.2) is 77.7 Å². The third kappa shape index (κ3) is 5.77. The van der Waals surface area contributed by atoms with Crippen molar-refractivity contribution in [1.82, 2.24) is 0 Å². The first-order chi connectivity index (χ1) is 14.8. The minimum absolute atomic E-state index is 0.0908. The van der Waals surface area contributed by atoms with Gasteiger partial charge in [-0.3, -0.25) is 9.52 Å². The van der Waals surface area contributed by atoms with Gasteiger partial charge in [0.05, 0.1) is 15.6 Å². The number of carbonyl (C=O) groups is 1. The van der Waals surface area contributed by atoms with Crippen LogP contribution >= 0.6 is 11.6 Å². The minimum atomic E-state index is -3.75. The second kappa shape index (κ2) is 9.85. The van der Waals surface area contributed by atoms with Gasteiger partial charge in [0, 0.05) is 5.69 Å². The van der Waals surface area contributed by atoms with Gasteiger partial charge in [0.25, 0.3) is 15.9 Å². The molecule has 0 aromatic heterocycles. The summed E-state index contributed by atoms with van der Waals surface area (Å²) in [5.74, 6) is 0.0750. The van der Waals surface area contributed by atoms with Crippen molar-refractivity contribution in [3.63, 3.8) is 0 Å². The van der Waals surface area contributed by atoms with E-state index in [1.54, 1.807) is 36.4 Å². The fourth-order valence-corrected chi connectivity index (χ4v) is 4.16. The zero-order valence-electron chi connectivity index (χ0n) is 17.1. The molecule has 0 aliphatic heterocycles. The molecule has 8 heteroatoms. The maximum atomic E-state index is 12.6. The van der Waals surface area contributed by atoms with Crippen LogP contribution in [0, 0.1) is 6.92 Å². The number of carbonyl (C=O) groups excluding carboxylic acids is 1. The number of aryl methyl sites for hydroxylation is 1. The lowest BCUT2D eigenvalue weighted by atomic mass is 10.2. The summed E-state index contributed by atoms with van der Waals surface area (Å²) >= 11 is 6.10. The summed E-state index contributed by atoms with van der Waals surface area (Å²) in [5, 5.41) is 3.17. The van der Waals surface area contributed by atoms with E-state index >= 15 is 0 Å². The Balaban J connectivity index is 1.68. The van der Waals surface area contributed by atoms with E-state index in [-0.39, 0.29) is 10.8 Å². The molecule has 1 amide bonds. The maximum Gasteiger partial charge on any atom is 0.265 e. The fraction of sp³-hybridized carbons (Fsp3) is 0.174. The Hall–Kier alpha value is -3.03. The summed E-state index contributed by atoms with van der Waals surface area (Å²) in [4.78, 5) is 12.7. The van der Waals surface area contributed by atoms with Gasteiger partial charge in [0.2, 0.25) is 0 Å². The summed E-state index contributed by atoms with van der Waals surface area (Å²) in [6.07, 6.45) is -0.310. The lowest BCUT2D eigenvalue weighted by Crippen LogP contribution is -2.32. The van der Waals surface area contributed by atoms with Crippen molar-refractivity contribution in [2.45, 2.75) is 31.3 Å². The lowest BCUT2D eigenvalue weighted by molar-refractivity contribution is -0.122. The zero-order chi connectivity index (χ0) is 22.4. The van der Waals surface area contributed by atoms with Gasteiger partial charge in [0.15, 0.2) is 6.10 Å². The van der Waals surface area contributed by atoms with Crippen LogP contribution in [-0.4, -0.2) is 20.4 Å². The summed E-state index contributed by atoms with van der Waals surface area (Å²) in [6.45, 7) is 3.65. The molecule has 0 unspecified atom stereocenters. The first-order valence-corrected chi connectivity index (χ1v) is 11.6. The molecule has 3 aromatic rings. The minimum Gasteiger partial charge on any atom is -0.479 e. The molecule has 1 atom stereocenters. The monoisotopic (exact) mass is 458 g/mol. The van der Waals surface area contributed by atoms with Gasteiger partial charge in [-0.15, -0.1) is 0 Å². The molecule has 0 aliphatic carbocycles. The van der Waals surface area contributed by atoms with Crippen molar-refractivity contribution in [1.29, 1.82) is 0 Å². The van der Waals surface area contributed by atoms with Crippen LogP contribution in [0.25, 0.3) is 0 Å². The average Bonchev–Trinajstić information content (AvgIpc) is 2.75. The predicted octanol–water partition coefficient (Wildman–Crippen LogP) is 5.25. The van der Waals surface area contributed by atoms with Crippen LogP contribution in [0.2, 0.25) is 5.02 Å². The van der Waals surface area contributed by atoms with Crippen molar-refractivity contribution in [3.05, 3.63) is 83.4 Å². The number of rotatable bonds is 8. The number of amides is 1. The van der Waals surface area contributed by atoms with E-state index in [0.717, 1.165) is 5.56 Å². The molecule has 2 N–H and O–H groups in total. The number of hydrogen-bond acceptors (Lipinski definition) is 4. The number of ether oxygens (including phenoxy) is 1. The third-order valence-corrected chi connectivity index (χ3v) is 6.28. The average molecular weight is 459 g/mol. The van der Waals surface area contributed by atoms with E-state index in [9.17, 15) is 13.2 Å². The predicted molar refractivity (Wildman–Crippen MR) is 123 cm³/mol. The highest BCUT2D eigenvalue weighted by atomic mass is 35.5. The molecule has 6 nitrogen and oxygen atoms in total. The number of halogens is 1. The van der Waals surface area contributed by atoms with Crippen molar-refractivity contribution < 1.29 is 17.9 Å². The Labute approximate surface area is 187 Å². The molecular weight excluding hydrogens is 436 g/mol. The van der Waals surface area contributed by atoms with Crippen molar-refractivity contribution in [2.24, 2.45) is 0 Å². The number of sulfonamides is 1. The highest BCUT2D eigenvalue weighted by molar-refractivity contribution is 7.92. The Bertz CT molecular complexity index is 1160. The first-order valence-electron chi connectivity index (χ1n) is 9.70. The zero-order valence-corrected chi connectivity index (χ0v) is 18.7. The maximum absolute atomic E-state index is 12.6. The van der Waals surface area contributed by atoms with Crippen LogP contribution in [0.5, 0.6) is 5.75 Å². The smallest absolute Gasteiger partial charge is 0.265 e. The number of nitrogens with one attached hydrogen (secondary N) is 2. The topological polar surface area (TPSA) is 84.5 Å². The third-order valence-electron chi connectivity index (χ3n) is 4.59. The van der Waals surface area contributed by atoms with Crippen LogP contribution in [0.4, 0.5) is 11.4 Å². The number of benzene rings is 3. The largest absolute Gasteiger partial charge is 0.479 e. The van der Waals surface area contributed by atoms with E-state index in [4.69, 9.17) is 16.3 Å². The second-order valence-electron chi connectivity index (χ2n) is 6.88. The van der Waals surface area contributed by atoms with Crippen LogP contribution in [-0.2, 0) is 14.8 Å². The quantitative estimate of drug-likeness (QED) is 0.483. The lowest BCUT2D eigenvalue weighted by Gasteiger charge is -2.18. The summed E-state index contributed by atoms with van der Waals surface area (Å²) in [7, 11) is -3.75. The number of anilines is 2. The number of para-hydroxylation sites is 2. The molecule has 3 rings (SSSR count). The molecule has 0 saturated heterocycles. The molecule has 0 spiro atoms. The molecule has 0 fully saturated rings. The van der Waals surface area contributed by atoms with E-state index in [1.807, 2.05) is 26.0 Å². The molecule has 0 aliphatic rings. The van der Waals surface area contributed by atoms with E-state index in [2.05, 4.69) is 10.0 Å². The van der Waals surface area contributed by atoms with E-state index in [0.29, 0.717) is 28.6 Å².